The lowest BCUT2D eigenvalue weighted by Gasteiger charge is -2.10. The molecule has 2 aromatic carbocycles. The van der Waals surface area contributed by atoms with Gasteiger partial charge in [0, 0.05) is 12.7 Å². The number of amides is 1. The number of aromatic nitrogens is 3. The van der Waals surface area contributed by atoms with Gasteiger partial charge in [0.15, 0.2) is 22.5 Å². The number of rotatable bonds is 8. The number of carbonyl (C=O) groups is 1. The van der Waals surface area contributed by atoms with Gasteiger partial charge in [0.05, 0.1) is 12.9 Å². The molecule has 3 aromatic rings. The molecule has 140 valence electrons. The molecular weight excluding hydrogens is 364 g/mol. The van der Waals surface area contributed by atoms with Gasteiger partial charge in [-0.3, -0.25) is 4.79 Å². The van der Waals surface area contributed by atoms with Crippen LogP contribution in [0.5, 0.6) is 11.5 Å². The summed E-state index contributed by atoms with van der Waals surface area (Å²) >= 11 is 1.32. The third-order valence-electron chi connectivity index (χ3n) is 3.74. The number of carbonyl (C=O) groups excluding carboxylic acids is 1. The summed E-state index contributed by atoms with van der Waals surface area (Å²) in [5, 5.41) is 11.8. The van der Waals surface area contributed by atoms with Crippen molar-refractivity contribution in [1.82, 2.24) is 14.8 Å². The fraction of sp³-hybridized carbons (Fsp3) is 0.211. The van der Waals surface area contributed by atoms with E-state index in [2.05, 4.69) is 15.5 Å². The molecule has 1 N–H and O–H groups in total. The van der Waals surface area contributed by atoms with Crippen LogP contribution in [0.15, 0.2) is 59.8 Å². The van der Waals surface area contributed by atoms with E-state index in [1.54, 1.807) is 7.11 Å². The van der Waals surface area contributed by atoms with Crippen molar-refractivity contribution >= 4 is 23.4 Å². The van der Waals surface area contributed by atoms with Crippen molar-refractivity contribution in [2.24, 2.45) is 7.05 Å². The highest BCUT2D eigenvalue weighted by Gasteiger charge is 2.13. The van der Waals surface area contributed by atoms with E-state index in [0.29, 0.717) is 22.5 Å². The van der Waals surface area contributed by atoms with Crippen LogP contribution in [0.4, 0.5) is 5.69 Å². The molecule has 0 unspecified atom stereocenters. The normalized spacial score (nSPS) is 10.4. The Morgan fingerprint density at radius 1 is 1.07 bits per heavy atom. The molecule has 27 heavy (non-hydrogen) atoms. The van der Waals surface area contributed by atoms with Crippen molar-refractivity contribution in [2.45, 2.75) is 11.8 Å². The minimum absolute atomic E-state index is 0.0963. The molecule has 0 bridgehead atoms. The van der Waals surface area contributed by atoms with E-state index in [1.807, 2.05) is 66.2 Å². The summed E-state index contributed by atoms with van der Waals surface area (Å²) in [5.74, 6) is 2.10. The Morgan fingerprint density at radius 2 is 1.78 bits per heavy atom. The van der Waals surface area contributed by atoms with Gasteiger partial charge in [0.1, 0.15) is 6.61 Å². The van der Waals surface area contributed by atoms with Crippen LogP contribution in [-0.2, 0) is 18.4 Å². The number of para-hydroxylation sites is 3. The topological polar surface area (TPSA) is 78.3 Å². The summed E-state index contributed by atoms with van der Waals surface area (Å²) in [6.07, 6.45) is 0. The quantitative estimate of drug-likeness (QED) is 0.601. The first-order valence-corrected chi connectivity index (χ1v) is 9.27. The second-order valence-electron chi connectivity index (χ2n) is 5.60. The Hall–Kier alpha value is -3.00. The van der Waals surface area contributed by atoms with E-state index < -0.39 is 0 Å². The summed E-state index contributed by atoms with van der Waals surface area (Å²) in [6, 6.07) is 16.8. The summed E-state index contributed by atoms with van der Waals surface area (Å²) in [7, 11) is 3.44. The standard InChI is InChI=1S/C19H20N4O3S/c1-23-17(12-26-16-11-7-6-10-15(16)25-2)21-22-19(23)27-13-18(24)20-14-8-4-3-5-9-14/h3-11H,12-13H2,1-2H3,(H,20,24). The Morgan fingerprint density at radius 3 is 2.52 bits per heavy atom. The predicted octanol–water partition coefficient (Wildman–Crippen LogP) is 3.13. The molecule has 0 saturated carbocycles. The van der Waals surface area contributed by atoms with E-state index in [-0.39, 0.29) is 18.3 Å². The minimum atomic E-state index is -0.0963. The van der Waals surface area contributed by atoms with Gasteiger partial charge in [-0.2, -0.15) is 0 Å². The maximum absolute atomic E-state index is 12.1. The highest BCUT2D eigenvalue weighted by Crippen LogP contribution is 2.26. The van der Waals surface area contributed by atoms with E-state index in [1.165, 1.54) is 11.8 Å². The Bertz CT molecular complexity index is 899. The van der Waals surface area contributed by atoms with Crippen LogP contribution in [0.2, 0.25) is 0 Å². The van der Waals surface area contributed by atoms with E-state index in [9.17, 15) is 4.79 Å². The summed E-state index contributed by atoms with van der Waals surface area (Å²) in [4.78, 5) is 12.1. The molecule has 3 rings (SSSR count). The first-order chi connectivity index (χ1) is 13.2. The van der Waals surface area contributed by atoms with Crippen LogP contribution in [0, 0.1) is 0 Å². The first-order valence-electron chi connectivity index (χ1n) is 8.29. The molecule has 0 aliphatic carbocycles. The maximum Gasteiger partial charge on any atom is 0.234 e. The molecule has 0 radical (unpaired) electrons. The average Bonchev–Trinajstić information content (AvgIpc) is 3.05. The van der Waals surface area contributed by atoms with Crippen molar-refractivity contribution in [3.05, 3.63) is 60.4 Å². The molecule has 0 saturated heterocycles. The molecule has 1 amide bonds. The van der Waals surface area contributed by atoms with Crippen LogP contribution < -0.4 is 14.8 Å². The third-order valence-corrected chi connectivity index (χ3v) is 4.76. The van der Waals surface area contributed by atoms with Crippen LogP contribution in [0.1, 0.15) is 5.82 Å². The fourth-order valence-electron chi connectivity index (χ4n) is 2.33. The highest BCUT2D eigenvalue weighted by molar-refractivity contribution is 7.99. The monoisotopic (exact) mass is 384 g/mol. The number of hydrogen-bond donors (Lipinski definition) is 1. The lowest BCUT2D eigenvalue weighted by Crippen LogP contribution is -2.14. The molecule has 0 atom stereocenters. The van der Waals surface area contributed by atoms with Gasteiger partial charge in [-0.1, -0.05) is 42.1 Å². The molecule has 0 fully saturated rings. The zero-order chi connectivity index (χ0) is 19.1. The van der Waals surface area contributed by atoms with Crippen LogP contribution in [-0.4, -0.2) is 33.5 Å². The average molecular weight is 384 g/mol. The Balaban J connectivity index is 1.54. The van der Waals surface area contributed by atoms with E-state index in [0.717, 1.165) is 5.69 Å². The number of nitrogens with one attached hydrogen (secondary N) is 1. The van der Waals surface area contributed by atoms with Gasteiger partial charge >= 0.3 is 0 Å². The summed E-state index contributed by atoms with van der Waals surface area (Å²) in [5.41, 5.74) is 0.770. The first kappa shape index (κ1) is 18.8. The van der Waals surface area contributed by atoms with E-state index in [4.69, 9.17) is 9.47 Å². The lowest BCUT2D eigenvalue weighted by atomic mass is 10.3. The largest absolute Gasteiger partial charge is 0.493 e. The SMILES string of the molecule is COc1ccccc1OCc1nnc(SCC(=O)Nc2ccccc2)n1C. The third kappa shape index (κ3) is 5.01. The zero-order valence-corrected chi connectivity index (χ0v) is 15.9. The summed E-state index contributed by atoms with van der Waals surface area (Å²) < 4.78 is 12.9. The molecule has 1 aromatic heterocycles. The smallest absolute Gasteiger partial charge is 0.234 e. The van der Waals surface area contributed by atoms with Gasteiger partial charge in [-0.25, -0.2) is 0 Å². The lowest BCUT2D eigenvalue weighted by molar-refractivity contribution is -0.113. The van der Waals surface area contributed by atoms with Gasteiger partial charge in [-0.15, -0.1) is 10.2 Å². The number of hydrogen-bond acceptors (Lipinski definition) is 6. The predicted molar refractivity (Wildman–Crippen MR) is 104 cm³/mol. The van der Waals surface area contributed by atoms with Crippen LogP contribution >= 0.6 is 11.8 Å². The maximum atomic E-state index is 12.1. The molecular formula is C19H20N4O3S. The molecule has 0 aliphatic rings. The molecule has 7 nitrogen and oxygen atoms in total. The number of methoxy groups -OCH3 is 1. The second kappa shape index (κ2) is 9.09. The van der Waals surface area contributed by atoms with Crippen LogP contribution in [0.25, 0.3) is 0 Å². The number of benzene rings is 2. The van der Waals surface area contributed by atoms with Gasteiger partial charge in [0.2, 0.25) is 5.91 Å². The van der Waals surface area contributed by atoms with Crippen molar-refractivity contribution in [3.63, 3.8) is 0 Å². The molecule has 0 aliphatic heterocycles. The molecule has 1 heterocycles. The number of anilines is 1. The summed E-state index contributed by atoms with van der Waals surface area (Å²) in [6.45, 7) is 0.251. The molecule has 0 spiro atoms. The minimum Gasteiger partial charge on any atom is -0.493 e. The van der Waals surface area contributed by atoms with Crippen molar-refractivity contribution in [1.29, 1.82) is 0 Å². The number of nitrogens with zero attached hydrogens (tertiary/aromatic N) is 3. The molecule has 8 heteroatoms. The van der Waals surface area contributed by atoms with Gasteiger partial charge in [0.25, 0.3) is 0 Å². The zero-order valence-electron chi connectivity index (χ0n) is 15.1. The Kier molecular flexibility index (Phi) is 6.32. The highest BCUT2D eigenvalue weighted by atomic mass is 32.2. The van der Waals surface area contributed by atoms with Crippen molar-refractivity contribution in [3.8, 4) is 11.5 Å². The Labute approximate surface area is 161 Å². The van der Waals surface area contributed by atoms with E-state index >= 15 is 0 Å². The fourth-order valence-corrected chi connectivity index (χ4v) is 3.06. The number of thioether (sulfide) groups is 1. The van der Waals surface area contributed by atoms with Crippen molar-refractivity contribution < 1.29 is 14.3 Å². The second-order valence-corrected chi connectivity index (χ2v) is 6.54. The van der Waals surface area contributed by atoms with Gasteiger partial charge in [-0.05, 0) is 24.3 Å². The van der Waals surface area contributed by atoms with Crippen molar-refractivity contribution in [2.75, 3.05) is 18.2 Å². The number of ether oxygens (including phenoxy) is 2. The van der Waals surface area contributed by atoms with Gasteiger partial charge < -0.3 is 19.4 Å². The van der Waals surface area contributed by atoms with Crippen LogP contribution in [0.3, 0.4) is 0 Å².